The van der Waals surface area contributed by atoms with Crippen molar-refractivity contribution in [2.75, 3.05) is 25.5 Å². The topological polar surface area (TPSA) is 114 Å². The van der Waals surface area contributed by atoms with Gasteiger partial charge >= 0.3 is 0 Å². The molecule has 1 unspecified atom stereocenters. The summed E-state index contributed by atoms with van der Waals surface area (Å²) in [7, 11) is 0. The summed E-state index contributed by atoms with van der Waals surface area (Å²) in [6.07, 6.45) is 4.37. The fourth-order valence-electron chi connectivity index (χ4n) is 4.52. The second-order valence-corrected chi connectivity index (χ2v) is 8.59. The number of hydrogen-bond acceptors (Lipinski definition) is 7. The lowest BCUT2D eigenvalue weighted by Gasteiger charge is -2.25. The highest BCUT2D eigenvalue weighted by Gasteiger charge is 2.26. The molecule has 2 aromatic heterocycles. The molecule has 3 aromatic rings. The third-order valence-electron chi connectivity index (χ3n) is 6.27. The molecule has 0 saturated carbocycles. The highest BCUT2D eigenvalue weighted by atomic mass is 16.5. The first kappa shape index (κ1) is 22.0. The van der Waals surface area contributed by atoms with Crippen LogP contribution in [0.4, 0.5) is 5.82 Å². The average molecular weight is 456 g/mol. The van der Waals surface area contributed by atoms with E-state index in [4.69, 9.17) is 20.5 Å². The third-order valence-corrected chi connectivity index (χ3v) is 6.27. The average Bonchev–Trinajstić information content (AvgIpc) is 3.26. The minimum atomic E-state index is -0.122. The number of amides is 1. The van der Waals surface area contributed by atoms with Gasteiger partial charge in [0, 0.05) is 29.3 Å². The summed E-state index contributed by atoms with van der Waals surface area (Å²) in [5, 5.41) is 9.94. The van der Waals surface area contributed by atoms with Crippen molar-refractivity contribution >= 4 is 22.6 Å². The molecule has 1 aromatic carbocycles. The largest absolute Gasteiger partial charge is 0.383 e. The number of carbonyl (C=O) groups excluding carboxylic acids is 1. The molecule has 8 nitrogen and oxygen atoms in total. The van der Waals surface area contributed by atoms with E-state index in [0.717, 1.165) is 34.0 Å². The lowest BCUT2D eigenvalue weighted by Crippen LogP contribution is -2.34. The standard InChI is InChI=1S/C26H25N5O3/c1-16-24-22(15-34-16)21-9-19(5-7-23(21)30-25(24)28)26(32)31(12-18-3-2-8-33-14-18)13-20-6-4-17(10-27)11-29-20/h3-7,9,11,16H,2,8,12-15H2,1H3,(H2,28,30). The van der Waals surface area contributed by atoms with Gasteiger partial charge in [-0.25, -0.2) is 4.98 Å². The lowest BCUT2D eigenvalue weighted by molar-refractivity contribution is 0.0740. The van der Waals surface area contributed by atoms with Gasteiger partial charge < -0.3 is 20.1 Å². The highest BCUT2D eigenvalue weighted by molar-refractivity contribution is 5.99. The number of nitrogen functional groups attached to an aromatic ring is 1. The first-order chi connectivity index (χ1) is 16.5. The van der Waals surface area contributed by atoms with Crippen LogP contribution in [0.3, 0.4) is 0 Å². The van der Waals surface area contributed by atoms with Crippen molar-refractivity contribution in [2.45, 2.75) is 32.6 Å². The quantitative estimate of drug-likeness (QED) is 0.584. The van der Waals surface area contributed by atoms with Crippen LogP contribution in [-0.4, -0.2) is 40.5 Å². The van der Waals surface area contributed by atoms with E-state index in [0.29, 0.717) is 55.5 Å². The zero-order chi connectivity index (χ0) is 23.7. The Bertz CT molecular complexity index is 1330. The van der Waals surface area contributed by atoms with Crippen LogP contribution in [0.5, 0.6) is 0 Å². The number of anilines is 1. The normalized spacial score (nSPS) is 17.2. The van der Waals surface area contributed by atoms with E-state index >= 15 is 0 Å². The van der Waals surface area contributed by atoms with Gasteiger partial charge in [0.25, 0.3) is 5.91 Å². The molecule has 0 radical (unpaired) electrons. The van der Waals surface area contributed by atoms with E-state index in [9.17, 15) is 4.79 Å². The van der Waals surface area contributed by atoms with Gasteiger partial charge in [-0.1, -0.05) is 6.08 Å². The SMILES string of the molecule is CC1OCc2c1c(N)nc1ccc(C(=O)N(CC3=CCCOC3)Cc3ccc(C#N)cn3)cc21. The van der Waals surface area contributed by atoms with Crippen molar-refractivity contribution in [3.63, 3.8) is 0 Å². The molecule has 0 fully saturated rings. The first-order valence-electron chi connectivity index (χ1n) is 11.3. The first-order valence-corrected chi connectivity index (χ1v) is 11.3. The van der Waals surface area contributed by atoms with Crippen LogP contribution >= 0.6 is 0 Å². The van der Waals surface area contributed by atoms with Crippen LogP contribution < -0.4 is 5.73 Å². The molecule has 4 heterocycles. The Balaban J connectivity index is 1.50. The molecule has 2 aliphatic heterocycles. The van der Waals surface area contributed by atoms with E-state index in [1.54, 1.807) is 23.1 Å². The van der Waals surface area contributed by atoms with Crippen molar-refractivity contribution in [1.82, 2.24) is 14.9 Å². The number of ether oxygens (including phenoxy) is 2. The van der Waals surface area contributed by atoms with E-state index in [2.05, 4.69) is 22.1 Å². The molecular weight excluding hydrogens is 430 g/mol. The Labute approximate surface area is 197 Å². The monoisotopic (exact) mass is 455 g/mol. The molecular formula is C26H25N5O3. The molecule has 8 heteroatoms. The summed E-state index contributed by atoms with van der Waals surface area (Å²) in [6, 6.07) is 11.1. The van der Waals surface area contributed by atoms with Gasteiger partial charge in [-0.3, -0.25) is 9.78 Å². The van der Waals surface area contributed by atoms with Gasteiger partial charge in [-0.05, 0) is 54.8 Å². The molecule has 1 atom stereocenters. The summed E-state index contributed by atoms with van der Waals surface area (Å²) in [4.78, 5) is 24.4. The Morgan fingerprint density at radius 1 is 1.26 bits per heavy atom. The second-order valence-electron chi connectivity index (χ2n) is 8.59. The molecule has 5 rings (SSSR count). The highest BCUT2D eigenvalue weighted by Crippen LogP contribution is 2.38. The summed E-state index contributed by atoms with van der Waals surface area (Å²) in [5.41, 5.74) is 11.6. The Hall–Kier alpha value is -3.80. The molecule has 0 saturated heterocycles. The van der Waals surface area contributed by atoms with Gasteiger partial charge in [-0.2, -0.15) is 5.26 Å². The fraction of sp³-hybridized carbons (Fsp3) is 0.308. The Kier molecular flexibility index (Phi) is 5.97. The van der Waals surface area contributed by atoms with Crippen molar-refractivity contribution in [3.05, 3.63) is 76.1 Å². The number of fused-ring (bicyclic) bond motifs is 3. The van der Waals surface area contributed by atoms with Crippen LogP contribution in [0.15, 0.2) is 48.2 Å². The molecule has 0 bridgehead atoms. The van der Waals surface area contributed by atoms with Crippen LogP contribution in [0.25, 0.3) is 10.9 Å². The number of pyridine rings is 2. The minimum absolute atomic E-state index is 0.114. The zero-order valence-electron chi connectivity index (χ0n) is 19.0. The molecule has 34 heavy (non-hydrogen) atoms. The van der Waals surface area contributed by atoms with Gasteiger partial charge in [-0.15, -0.1) is 0 Å². The molecule has 2 aliphatic rings. The number of hydrogen-bond donors (Lipinski definition) is 1. The predicted molar refractivity (Wildman–Crippen MR) is 127 cm³/mol. The maximum atomic E-state index is 13.7. The van der Waals surface area contributed by atoms with E-state index in [1.807, 2.05) is 19.1 Å². The van der Waals surface area contributed by atoms with Crippen molar-refractivity contribution < 1.29 is 14.3 Å². The van der Waals surface area contributed by atoms with Gasteiger partial charge in [0.2, 0.25) is 0 Å². The maximum Gasteiger partial charge on any atom is 0.254 e. The zero-order valence-corrected chi connectivity index (χ0v) is 19.0. The maximum absolute atomic E-state index is 13.7. The third kappa shape index (κ3) is 4.23. The Morgan fingerprint density at radius 3 is 2.88 bits per heavy atom. The molecule has 172 valence electrons. The van der Waals surface area contributed by atoms with Crippen molar-refractivity contribution in [2.24, 2.45) is 0 Å². The van der Waals surface area contributed by atoms with E-state index in [1.165, 1.54) is 6.20 Å². The van der Waals surface area contributed by atoms with Crippen molar-refractivity contribution in [1.29, 1.82) is 5.26 Å². The number of nitrogens with zero attached hydrogens (tertiary/aromatic N) is 4. The smallest absolute Gasteiger partial charge is 0.254 e. The summed E-state index contributed by atoms with van der Waals surface area (Å²) in [5.74, 6) is 0.362. The number of aromatic nitrogens is 2. The van der Waals surface area contributed by atoms with Crippen molar-refractivity contribution in [3.8, 4) is 6.07 Å². The van der Waals surface area contributed by atoms with Gasteiger partial charge in [0.15, 0.2) is 0 Å². The number of carbonyl (C=O) groups is 1. The summed E-state index contributed by atoms with van der Waals surface area (Å²) < 4.78 is 11.4. The predicted octanol–water partition coefficient (Wildman–Crippen LogP) is 3.66. The van der Waals surface area contributed by atoms with Gasteiger partial charge in [0.1, 0.15) is 11.9 Å². The van der Waals surface area contributed by atoms with E-state index in [-0.39, 0.29) is 12.0 Å². The van der Waals surface area contributed by atoms with Crippen LogP contribution in [0.1, 0.15) is 52.2 Å². The summed E-state index contributed by atoms with van der Waals surface area (Å²) in [6.45, 7) is 4.36. The van der Waals surface area contributed by atoms with Gasteiger partial charge in [0.05, 0.1) is 49.2 Å². The fourth-order valence-corrected chi connectivity index (χ4v) is 4.52. The lowest BCUT2D eigenvalue weighted by atomic mass is 10.00. The second kappa shape index (κ2) is 9.21. The molecule has 1 amide bonds. The number of benzene rings is 1. The Morgan fingerprint density at radius 2 is 2.15 bits per heavy atom. The number of nitriles is 1. The van der Waals surface area contributed by atoms with E-state index < -0.39 is 0 Å². The molecule has 2 N–H and O–H groups in total. The molecule has 0 spiro atoms. The van der Waals surface area contributed by atoms with Crippen LogP contribution in [0, 0.1) is 11.3 Å². The van der Waals surface area contributed by atoms with Crippen LogP contribution in [0.2, 0.25) is 0 Å². The minimum Gasteiger partial charge on any atom is -0.383 e. The van der Waals surface area contributed by atoms with Crippen LogP contribution in [-0.2, 0) is 22.6 Å². The number of rotatable bonds is 5. The summed E-state index contributed by atoms with van der Waals surface area (Å²) >= 11 is 0. The number of nitrogens with two attached hydrogens (primary N) is 1. The molecule has 0 aliphatic carbocycles.